The Bertz CT molecular complexity index is 2090. The number of benzene rings is 2. The van der Waals surface area contributed by atoms with Gasteiger partial charge in [0.1, 0.15) is 36.3 Å². The molecule has 70 heavy (non-hydrogen) atoms. The number of nitrogens with zero attached hydrogens (tertiary/aromatic N) is 3. The second kappa shape index (κ2) is 28.3. The van der Waals surface area contributed by atoms with Gasteiger partial charge in [0.05, 0.1) is 32.2 Å². The molecule has 20 nitrogen and oxygen atoms in total. The summed E-state index contributed by atoms with van der Waals surface area (Å²) < 4.78 is 4.94. The van der Waals surface area contributed by atoms with Crippen molar-refractivity contribution in [2.75, 3.05) is 34.3 Å². The number of ether oxygens (including phenoxy) is 1. The largest absolute Gasteiger partial charge is 0.467 e. The van der Waals surface area contributed by atoms with Crippen molar-refractivity contribution in [1.82, 2.24) is 36.0 Å². The van der Waals surface area contributed by atoms with E-state index in [9.17, 15) is 53.4 Å². The molecule has 2 aromatic carbocycles. The van der Waals surface area contributed by atoms with Gasteiger partial charge >= 0.3 is 5.97 Å². The number of primary amides is 1. The number of nitrogens with one attached hydrogen (secondary N) is 4. The molecule has 386 valence electrons. The molecular formula is C50H74N8O12. The minimum atomic E-state index is -1.57. The zero-order valence-electron chi connectivity index (χ0n) is 41.7. The lowest BCUT2D eigenvalue weighted by molar-refractivity contribution is -0.154. The molecule has 0 bridgehead atoms. The Balaban J connectivity index is 1.82. The Labute approximate surface area is 410 Å². The summed E-state index contributed by atoms with van der Waals surface area (Å²) >= 11 is 0. The van der Waals surface area contributed by atoms with Gasteiger partial charge in [-0.05, 0) is 55.6 Å². The van der Waals surface area contributed by atoms with Gasteiger partial charge in [-0.1, -0.05) is 101 Å². The number of esters is 1. The normalized spacial score (nSPS) is 17.2. The quantitative estimate of drug-likeness (QED) is 0.0598. The molecule has 1 aliphatic rings. The highest BCUT2D eigenvalue weighted by Crippen LogP contribution is 2.23. The molecule has 10 atom stereocenters. The van der Waals surface area contributed by atoms with E-state index in [0.717, 1.165) is 10.5 Å². The van der Waals surface area contributed by atoms with Gasteiger partial charge in [0, 0.05) is 33.5 Å². The third-order valence-corrected chi connectivity index (χ3v) is 13.1. The minimum Gasteiger partial charge on any atom is -0.467 e. The van der Waals surface area contributed by atoms with Crippen molar-refractivity contribution >= 4 is 53.2 Å². The van der Waals surface area contributed by atoms with E-state index in [-0.39, 0.29) is 25.7 Å². The van der Waals surface area contributed by atoms with E-state index in [2.05, 4.69) is 21.3 Å². The fraction of sp³-hybridized carbons (Fsp3) is 0.580. The van der Waals surface area contributed by atoms with E-state index < -0.39 is 126 Å². The topological polar surface area (TPSA) is 287 Å². The van der Waals surface area contributed by atoms with Crippen LogP contribution in [0, 0.1) is 11.8 Å². The van der Waals surface area contributed by atoms with Gasteiger partial charge in [0.15, 0.2) is 0 Å². The number of methoxy groups -OCH3 is 1. The third kappa shape index (κ3) is 16.9. The molecule has 0 radical (unpaired) electrons. The monoisotopic (exact) mass is 979 g/mol. The van der Waals surface area contributed by atoms with Crippen LogP contribution in [0.3, 0.4) is 0 Å². The number of aliphatic hydroxyl groups excluding tert-OH is 2. The Hall–Kier alpha value is -6.41. The molecule has 0 spiro atoms. The van der Waals surface area contributed by atoms with Crippen molar-refractivity contribution in [3.63, 3.8) is 0 Å². The van der Waals surface area contributed by atoms with Gasteiger partial charge in [0.25, 0.3) is 0 Å². The van der Waals surface area contributed by atoms with Crippen molar-refractivity contribution in [1.29, 1.82) is 0 Å². The Morgan fingerprint density at radius 2 is 1.33 bits per heavy atom. The molecule has 1 saturated heterocycles. The van der Waals surface area contributed by atoms with E-state index in [1.807, 2.05) is 18.2 Å². The van der Waals surface area contributed by atoms with Crippen LogP contribution in [0.15, 0.2) is 60.7 Å². The first kappa shape index (κ1) is 57.9. The minimum absolute atomic E-state index is 0.0148. The lowest BCUT2D eigenvalue weighted by atomic mass is 9.95. The maximum atomic E-state index is 14.2. The number of rotatable bonds is 27. The predicted molar refractivity (Wildman–Crippen MR) is 259 cm³/mol. The van der Waals surface area contributed by atoms with Gasteiger partial charge in [0.2, 0.25) is 47.3 Å². The molecular weight excluding hydrogens is 905 g/mol. The molecule has 0 saturated carbocycles. The second-order valence-corrected chi connectivity index (χ2v) is 18.2. The molecule has 0 aromatic heterocycles. The lowest BCUT2D eigenvalue weighted by Crippen LogP contribution is -2.59. The van der Waals surface area contributed by atoms with Crippen molar-refractivity contribution in [2.45, 2.75) is 141 Å². The summed E-state index contributed by atoms with van der Waals surface area (Å²) in [6.07, 6.45) is -2.11. The molecule has 8 amide bonds. The fourth-order valence-corrected chi connectivity index (χ4v) is 8.21. The first-order valence-electron chi connectivity index (χ1n) is 24.0. The van der Waals surface area contributed by atoms with Gasteiger partial charge in [-0.2, -0.15) is 0 Å². The average Bonchev–Trinajstić information content (AvgIpc) is 3.85. The lowest BCUT2D eigenvalue weighted by Gasteiger charge is -2.34. The molecule has 0 aliphatic carbocycles. The number of amides is 8. The van der Waals surface area contributed by atoms with Crippen molar-refractivity contribution in [3.05, 3.63) is 71.8 Å². The summed E-state index contributed by atoms with van der Waals surface area (Å²) in [5.41, 5.74) is 6.90. The number of aliphatic hydroxyl groups is 2. The Morgan fingerprint density at radius 3 is 1.87 bits per heavy atom. The van der Waals surface area contributed by atoms with Crippen LogP contribution in [-0.4, -0.2) is 161 Å². The molecule has 20 heteroatoms. The zero-order chi connectivity index (χ0) is 52.2. The summed E-state index contributed by atoms with van der Waals surface area (Å²) in [6.45, 7) is 8.06. The SMILES string of the molecule is CCC(C)C(NC(=O)CC(O)C(Cc1ccccc1)NC(=O)C(CCC(N)=O)N(C)C(=O)C(NC(=O)C(C)O)C(C)CC)C(=O)NCC(=O)N(C)C(Cc1ccccc1)C(=O)N1CCCC1C(=O)OC. The van der Waals surface area contributed by atoms with E-state index in [4.69, 9.17) is 10.5 Å². The van der Waals surface area contributed by atoms with Crippen LogP contribution in [0.25, 0.3) is 0 Å². The van der Waals surface area contributed by atoms with Crippen LogP contribution >= 0.6 is 0 Å². The average molecular weight is 979 g/mol. The first-order valence-corrected chi connectivity index (χ1v) is 24.0. The Kier molecular flexibility index (Phi) is 23.4. The molecule has 1 aliphatic heterocycles. The number of hydrogen-bond donors (Lipinski definition) is 7. The van der Waals surface area contributed by atoms with Crippen LogP contribution in [0.5, 0.6) is 0 Å². The van der Waals surface area contributed by atoms with Crippen LogP contribution in [0.1, 0.15) is 90.7 Å². The highest BCUT2D eigenvalue weighted by molar-refractivity contribution is 5.95. The number of likely N-dealkylation sites (tertiary alicyclic amines) is 1. The van der Waals surface area contributed by atoms with Crippen LogP contribution in [-0.2, 0) is 60.7 Å². The molecule has 10 unspecified atom stereocenters. The maximum absolute atomic E-state index is 14.2. The molecule has 1 heterocycles. The smallest absolute Gasteiger partial charge is 0.328 e. The number of likely N-dealkylation sites (N-methyl/N-ethyl adjacent to an activating group) is 2. The summed E-state index contributed by atoms with van der Waals surface area (Å²) in [5.74, 6) is -6.96. The maximum Gasteiger partial charge on any atom is 0.328 e. The summed E-state index contributed by atoms with van der Waals surface area (Å²) in [7, 11) is 4.03. The first-order chi connectivity index (χ1) is 33.1. The highest BCUT2D eigenvalue weighted by atomic mass is 16.5. The van der Waals surface area contributed by atoms with Gasteiger partial charge < -0.3 is 56.7 Å². The standard InChI is InChI=1S/C50H74N8O12/c1-9-30(3)43(47(66)52-29-42(63)56(6)38(27-34-20-15-12-16-21-34)48(67)58-25-17-22-37(58)50(69)70-8)54-41(62)28-39(60)35(26-33-18-13-11-14-19-33)53-46(65)36(23-24-40(51)61)57(7)49(68)44(31(4)10-2)55-45(64)32(5)59/h11-16,18-21,30-32,35-39,43-44,59-60H,9-10,17,22-29H2,1-8H3,(H2,51,61)(H,52,66)(H,53,65)(H,54,62)(H,55,64). The van der Waals surface area contributed by atoms with Gasteiger partial charge in [-0.25, -0.2) is 4.79 Å². The van der Waals surface area contributed by atoms with Crippen molar-refractivity contribution in [2.24, 2.45) is 17.6 Å². The van der Waals surface area contributed by atoms with E-state index in [1.165, 1.54) is 37.9 Å². The van der Waals surface area contributed by atoms with Gasteiger partial charge in [-0.3, -0.25) is 38.4 Å². The number of carbonyl (C=O) groups is 9. The zero-order valence-corrected chi connectivity index (χ0v) is 41.7. The Morgan fingerprint density at radius 1 is 0.757 bits per heavy atom. The molecule has 3 rings (SSSR count). The molecule has 8 N–H and O–H groups in total. The van der Waals surface area contributed by atoms with Crippen LogP contribution in [0.2, 0.25) is 0 Å². The van der Waals surface area contributed by atoms with E-state index in [1.54, 1.807) is 70.2 Å². The fourth-order valence-electron chi connectivity index (χ4n) is 8.21. The van der Waals surface area contributed by atoms with Gasteiger partial charge in [-0.15, -0.1) is 0 Å². The van der Waals surface area contributed by atoms with Crippen molar-refractivity contribution in [3.8, 4) is 0 Å². The van der Waals surface area contributed by atoms with Crippen LogP contribution in [0.4, 0.5) is 0 Å². The van der Waals surface area contributed by atoms with E-state index in [0.29, 0.717) is 37.8 Å². The second-order valence-electron chi connectivity index (χ2n) is 18.2. The van der Waals surface area contributed by atoms with Crippen molar-refractivity contribution < 1.29 is 58.1 Å². The third-order valence-electron chi connectivity index (χ3n) is 13.1. The predicted octanol–water partition coefficient (Wildman–Crippen LogP) is 0.350. The highest BCUT2D eigenvalue weighted by Gasteiger charge is 2.41. The number of hydrogen-bond acceptors (Lipinski definition) is 12. The number of carbonyl (C=O) groups excluding carboxylic acids is 9. The number of nitrogens with two attached hydrogens (primary N) is 1. The summed E-state index contributed by atoms with van der Waals surface area (Å²) in [4.78, 5) is 124. The molecule has 1 fully saturated rings. The summed E-state index contributed by atoms with van der Waals surface area (Å²) in [5, 5.41) is 32.2. The van der Waals surface area contributed by atoms with Crippen LogP contribution < -0.4 is 27.0 Å². The van der Waals surface area contributed by atoms with E-state index >= 15 is 0 Å². The molecule has 2 aromatic rings. The summed E-state index contributed by atoms with van der Waals surface area (Å²) in [6, 6.07) is 11.2.